The minimum atomic E-state index is 0. The van der Waals surface area contributed by atoms with Gasteiger partial charge in [0, 0.05) is 65.8 Å². The first-order valence-electron chi connectivity index (χ1n) is 10.5. The van der Waals surface area contributed by atoms with Gasteiger partial charge in [-0.05, 0) is 38.3 Å². The van der Waals surface area contributed by atoms with Crippen LogP contribution in [-0.4, -0.2) is 85.6 Å². The second kappa shape index (κ2) is 15.4. The normalized spacial score (nSPS) is 15.0. The van der Waals surface area contributed by atoms with Gasteiger partial charge in [-0.25, -0.2) is 9.97 Å². The van der Waals surface area contributed by atoms with E-state index in [9.17, 15) is 0 Å². The number of allylic oxidation sites excluding steroid dienone is 1. The lowest BCUT2D eigenvalue weighted by Gasteiger charge is -2.34. The maximum atomic E-state index is 4.41. The molecule has 1 aromatic rings. The van der Waals surface area contributed by atoms with E-state index in [-0.39, 0.29) is 24.0 Å². The molecule has 2 rings (SSSR count). The Morgan fingerprint density at radius 1 is 1.17 bits per heavy atom. The minimum absolute atomic E-state index is 0. The van der Waals surface area contributed by atoms with Crippen molar-refractivity contribution in [1.82, 2.24) is 25.1 Å². The number of piperazine rings is 1. The highest BCUT2D eigenvalue weighted by Gasteiger charge is 2.18. The summed E-state index contributed by atoms with van der Waals surface area (Å²) in [5.74, 6) is 1.84. The standard InChI is InChI=1S/C21H37N7.HI/c1-4-5-6-7-8-14-26(3)20(22-2)23-13-10-15-27-16-18-28(19-17-27)21-24-11-9-12-25-21;/h4,9,11-12H,1,5-8,10,13-19H2,2-3H3,(H,22,23);1H. The Morgan fingerprint density at radius 2 is 1.90 bits per heavy atom. The van der Waals surface area contributed by atoms with Crippen LogP contribution >= 0.6 is 24.0 Å². The molecule has 1 aliphatic heterocycles. The van der Waals surface area contributed by atoms with Crippen LogP contribution in [0.4, 0.5) is 5.95 Å². The molecular formula is C21H38IN7. The van der Waals surface area contributed by atoms with E-state index in [1.807, 2.05) is 31.6 Å². The fourth-order valence-electron chi connectivity index (χ4n) is 3.43. The van der Waals surface area contributed by atoms with Crippen molar-refractivity contribution in [1.29, 1.82) is 0 Å². The van der Waals surface area contributed by atoms with E-state index in [0.29, 0.717) is 0 Å². The number of halogens is 1. The number of anilines is 1. The first-order chi connectivity index (χ1) is 13.7. The zero-order valence-corrected chi connectivity index (χ0v) is 20.4. The number of nitrogens with one attached hydrogen (secondary N) is 1. The fraction of sp³-hybridized carbons (Fsp3) is 0.667. The monoisotopic (exact) mass is 515 g/mol. The third kappa shape index (κ3) is 9.75. The van der Waals surface area contributed by atoms with Crippen molar-refractivity contribution in [2.45, 2.75) is 32.1 Å². The van der Waals surface area contributed by atoms with Crippen LogP contribution in [0.3, 0.4) is 0 Å². The first-order valence-corrected chi connectivity index (χ1v) is 10.5. The lowest BCUT2D eigenvalue weighted by atomic mass is 10.2. The molecule has 0 amide bonds. The Bertz CT molecular complexity index is 574. The van der Waals surface area contributed by atoms with E-state index < -0.39 is 0 Å². The van der Waals surface area contributed by atoms with Gasteiger partial charge in [-0.1, -0.05) is 12.5 Å². The van der Waals surface area contributed by atoms with Gasteiger partial charge in [-0.15, -0.1) is 30.6 Å². The molecule has 8 heteroatoms. The molecule has 29 heavy (non-hydrogen) atoms. The van der Waals surface area contributed by atoms with E-state index in [4.69, 9.17) is 0 Å². The lowest BCUT2D eigenvalue weighted by Crippen LogP contribution is -2.47. The Morgan fingerprint density at radius 3 is 2.55 bits per heavy atom. The van der Waals surface area contributed by atoms with Gasteiger partial charge in [0.05, 0.1) is 0 Å². The van der Waals surface area contributed by atoms with Crippen LogP contribution in [-0.2, 0) is 0 Å². The summed E-state index contributed by atoms with van der Waals surface area (Å²) in [6, 6.07) is 1.86. The van der Waals surface area contributed by atoms with Crippen LogP contribution in [0.15, 0.2) is 36.1 Å². The van der Waals surface area contributed by atoms with Gasteiger partial charge in [-0.3, -0.25) is 9.89 Å². The smallest absolute Gasteiger partial charge is 0.225 e. The Balaban J connectivity index is 0.00000420. The second-order valence-corrected chi connectivity index (χ2v) is 7.26. The molecule has 7 nitrogen and oxygen atoms in total. The van der Waals surface area contributed by atoms with Gasteiger partial charge >= 0.3 is 0 Å². The van der Waals surface area contributed by atoms with Crippen molar-refractivity contribution < 1.29 is 0 Å². The summed E-state index contributed by atoms with van der Waals surface area (Å²) >= 11 is 0. The lowest BCUT2D eigenvalue weighted by molar-refractivity contribution is 0.254. The van der Waals surface area contributed by atoms with E-state index >= 15 is 0 Å². The van der Waals surface area contributed by atoms with Crippen LogP contribution in [0.5, 0.6) is 0 Å². The van der Waals surface area contributed by atoms with E-state index in [0.717, 1.165) is 70.6 Å². The van der Waals surface area contributed by atoms with Crippen molar-refractivity contribution in [3.63, 3.8) is 0 Å². The summed E-state index contributed by atoms with van der Waals surface area (Å²) in [6.45, 7) is 11.0. The van der Waals surface area contributed by atoms with Gasteiger partial charge < -0.3 is 15.1 Å². The molecule has 1 aliphatic rings. The molecular weight excluding hydrogens is 477 g/mol. The fourth-order valence-corrected chi connectivity index (χ4v) is 3.43. The molecule has 1 fully saturated rings. The molecule has 1 aromatic heterocycles. The third-order valence-corrected chi connectivity index (χ3v) is 5.12. The number of hydrogen-bond donors (Lipinski definition) is 1. The van der Waals surface area contributed by atoms with Gasteiger partial charge in [0.15, 0.2) is 5.96 Å². The average Bonchev–Trinajstić information content (AvgIpc) is 2.74. The number of guanidine groups is 1. The Hall–Kier alpha value is -1.42. The van der Waals surface area contributed by atoms with Gasteiger partial charge in [-0.2, -0.15) is 0 Å². The molecule has 0 unspecified atom stereocenters. The van der Waals surface area contributed by atoms with Crippen molar-refractivity contribution in [3.8, 4) is 0 Å². The van der Waals surface area contributed by atoms with Gasteiger partial charge in [0.1, 0.15) is 0 Å². The molecule has 1 N–H and O–H groups in total. The van der Waals surface area contributed by atoms with Crippen LogP contribution in [0.1, 0.15) is 32.1 Å². The average molecular weight is 515 g/mol. The van der Waals surface area contributed by atoms with E-state index in [1.54, 1.807) is 0 Å². The first kappa shape index (κ1) is 25.6. The summed E-state index contributed by atoms with van der Waals surface area (Å²) in [5, 5.41) is 3.50. The van der Waals surface area contributed by atoms with E-state index in [2.05, 4.69) is 48.6 Å². The molecule has 1 saturated heterocycles. The summed E-state index contributed by atoms with van der Waals surface area (Å²) in [7, 11) is 3.98. The number of nitrogens with zero attached hydrogens (tertiary/aromatic N) is 6. The maximum absolute atomic E-state index is 4.41. The highest BCUT2D eigenvalue weighted by atomic mass is 127. The second-order valence-electron chi connectivity index (χ2n) is 7.26. The summed E-state index contributed by atoms with van der Waals surface area (Å²) < 4.78 is 0. The predicted molar refractivity (Wildman–Crippen MR) is 133 cm³/mol. The maximum Gasteiger partial charge on any atom is 0.225 e. The molecule has 0 aliphatic carbocycles. The number of hydrogen-bond acceptors (Lipinski definition) is 5. The van der Waals surface area contributed by atoms with Crippen molar-refractivity contribution in [3.05, 3.63) is 31.1 Å². The van der Waals surface area contributed by atoms with Crippen LogP contribution in [0.25, 0.3) is 0 Å². The van der Waals surface area contributed by atoms with Crippen molar-refractivity contribution >= 4 is 35.9 Å². The number of unbranched alkanes of at least 4 members (excludes halogenated alkanes) is 3. The van der Waals surface area contributed by atoms with Crippen molar-refractivity contribution in [2.75, 3.05) is 64.8 Å². The molecule has 0 aromatic carbocycles. The molecule has 2 heterocycles. The predicted octanol–water partition coefficient (Wildman–Crippen LogP) is 2.86. The largest absolute Gasteiger partial charge is 0.356 e. The molecule has 0 spiro atoms. The summed E-state index contributed by atoms with van der Waals surface area (Å²) in [5.41, 5.74) is 0. The molecule has 0 bridgehead atoms. The minimum Gasteiger partial charge on any atom is -0.356 e. The Labute approximate surface area is 193 Å². The van der Waals surface area contributed by atoms with Crippen LogP contribution < -0.4 is 10.2 Å². The molecule has 164 valence electrons. The molecule has 0 atom stereocenters. The van der Waals surface area contributed by atoms with Gasteiger partial charge in [0.2, 0.25) is 5.95 Å². The topological polar surface area (TPSA) is 59.9 Å². The van der Waals surface area contributed by atoms with E-state index in [1.165, 1.54) is 19.3 Å². The molecule has 0 saturated carbocycles. The number of aliphatic imine (C=N–C) groups is 1. The quantitative estimate of drug-likeness (QED) is 0.161. The van der Waals surface area contributed by atoms with Gasteiger partial charge in [0.25, 0.3) is 0 Å². The number of rotatable bonds is 11. The SMILES string of the molecule is C=CCCCCCN(C)C(=NC)NCCCN1CCN(c2ncccn2)CC1.I. The highest BCUT2D eigenvalue weighted by Crippen LogP contribution is 2.09. The van der Waals surface area contributed by atoms with Crippen molar-refractivity contribution in [2.24, 2.45) is 4.99 Å². The summed E-state index contributed by atoms with van der Waals surface area (Å²) in [6.07, 6.45) is 11.5. The number of aromatic nitrogens is 2. The zero-order chi connectivity index (χ0) is 20.0. The van der Waals surface area contributed by atoms with Crippen LogP contribution in [0.2, 0.25) is 0 Å². The third-order valence-electron chi connectivity index (χ3n) is 5.12. The molecule has 0 radical (unpaired) electrons. The highest BCUT2D eigenvalue weighted by molar-refractivity contribution is 14.0. The van der Waals surface area contributed by atoms with Crippen LogP contribution in [0, 0.1) is 0 Å². The zero-order valence-electron chi connectivity index (χ0n) is 18.1. The Kier molecular flexibility index (Phi) is 13.6. The summed E-state index contributed by atoms with van der Waals surface area (Å²) in [4.78, 5) is 20.1.